The van der Waals surface area contributed by atoms with Crippen LogP contribution in [0.2, 0.25) is 0 Å². The maximum atomic E-state index is 13.0. The summed E-state index contributed by atoms with van der Waals surface area (Å²) < 4.78 is 5.47. The highest BCUT2D eigenvalue weighted by atomic mass is 32.1. The van der Waals surface area contributed by atoms with Gasteiger partial charge in [-0.25, -0.2) is 5.01 Å². The van der Waals surface area contributed by atoms with E-state index in [1.165, 1.54) is 0 Å². The maximum Gasteiger partial charge on any atom is 0.274 e. The van der Waals surface area contributed by atoms with Crippen LogP contribution < -0.4 is 0 Å². The van der Waals surface area contributed by atoms with E-state index in [0.717, 1.165) is 21.9 Å². The van der Waals surface area contributed by atoms with E-state index in [2.05, 4.69) is 5.10 Å². The second-order valence-electron chi connectivity index (χ2n) is 5.78. The molecule has 0 saturated carbocycles. The molecule has 1 amide bonds. The molecule has 4 rings (SSSR count). The largest absolute Gasteiger partial charge is 0.463 e. The molecule has 5 heteroatoms. The number of nitrogens with zero attached hydrogens (tertiary/aromatic N) is 2. The van der Waals surface area contributed by atoms with Crippen molar-refractivity contribution in [2.75, 3.05) is 0 Å². The Bertz CT molecular complexity index is 882. The zero-order chi connectivity index (χ0) is 16.5. The summed E-state index contributed by atoms with van der Waals surface area (Å²) in [7, 11) is 0. The first-order valence-electron chi connectivity index (χ1n) is 7.77. The molecule has 1 atom stereocenters. The van der Waals surface area contributed by atoms with Gasteiger partial charge in [0.15, 0.2) is 0 Å². The molecule has 0 saturated heterocycles. The van der Waals surface area contributed by atoms with Crippen molar-refractivity contribution >= 4 is 23.0 Å². The standard InChI is InChI=1S/C19H16N2O2S/c1-13-5-2-6-14(11-13)19(22)21-16(18-8-4-10-24-18)12-15(20-21)17-7-3-9-23-17/h2-11,16H,12H2,1H3/t16-/m1/s1. The van der Waals surface area contributed by atoms with Crippen LogP contribution in [0.3, 0.4) is 0 Å². The number of benzene rings is 1. The first-order chi connectivity index (χ1) is 11.7. The topological polar surface area (TPSA) is 45.8 Å². The number of carbonyl (C=O) groups is 1. The lowest BCUT2D eigenvalue weighted by Gasteiger charge is -2.20. The van der Waals surface area contributed by atoms with Crippen LogP contribution in [-0.2, 0) is 0 Å². The number of thiophene rings is 1. The average Bonchev–Trinajstić information content (AvgIpc) is 3.32. The van der Waals surface area contributed by atoms with Gasteiger partial charge in [-0.2, -0.15) is 5.10 Å². The molecule has 2 aromatic heterocycles. The maximum absolute atomic E-state index is 13.0. The van der Waals surface area contributed by atoms with Crippen molar-refractivity contribution in [2.45, 2.75) is 19.4 Å². The highest BCUT2D eigenvalue weighted by Gasteiger charge is 2.35. The van der Waals surface area contributed by atoms with Gasteiger partial charge in [0.1, 0.15) is 11.5 Å². The van der Waals surface area contributed by atoms with Crippen molar-refractivity contribution in [3.63, 3.8) is 0 Å². The summed E-state index contributed by atoms with van der Waals surface area (Å²) in [6, 6.07) is 15.3. The number of hydrogen-bond acceptors (Lipinski definition) is 4. The lowest BCUT2D eigenvalue weighted by Crippen LogP contribution is -2.26. The molecule has 0 radical (unpaired) electrons. The quantitative estimate of drug-likeness (QED) is 0.699. The second-order valence-corrected chi connectivity index (χ2v) is 6.76. The zero-order valence-electron chi connectivity index (χ0n) is 13.2. The Balaban J connectivity index is 1.72. The van der Waals surface area contributed by atoms with Crippen molar-refractivity contribution < 1.29 is 9.21 Å². The highest BCUT2D eigenvalue weighted by molar-refractivity contribution is 7.10. The van der Waals surface area contributed by atoms with Gasteiger partial charge < -0.3 is 4.42 Å². The average molecular weight is 336 g/mol. The summed E-state index contributed by atoms with van der Waals surface area (Å²) >= 11 is 1.64. The minimum Gasteiger partial charge on any atom is -0.463 e. The van der Waals surface area contributed by atoms with E-state index in [-0.39, 0.29) is 11.9 Å². The van der Waals surface area contributed by atoms with Gasteiger partial charge in [-0.05, 0) is 42.6 Å². The molecular formula is C19H16N2O2S. The molecule has 0 bridgehead atoms. The minimum atomic E-state index is -0.0851. The van der Waals surface area contributed by atoms with Gasteiger partial charge in [-0.15, -0.1) is 11.3 Å². The molecule has 4 nitrogen and oxygen atoms in total. The van der Waals surface area contributed by atoms with Gasteiger partial charge >= 0.3 is 0 Å². The van der Waals surface area contributed by atoms with Crippen molar-refractivity contribution in [2.24, 2.45) is 5.10 Å². The highest BCUT2D eigenvalue weighted by Crippen LogP contribution is 2.36. The fourth-order valence-corrected chi connectivity index (χ4v) is 3.71. The summed E-state index contributed by atoms with van der Waals surface area (Å²) in [5.41, 5.74) is 2.52. The first-order valence-corrected chi connectivity index (χ1v) is 8.65. The number of hydrazone groups is 1. The molecule has 1 aromatic carbocycles. The Labute approximate surface area is 144 Å². The van der Waals surface area contributed by atoms with Crippen LogP contribution in [0, 0.1) is 6.92 Å². The van der Waals surface area contributed by atoms with E-state index < -0.39 is 0 Å². The second kappa shape index (κ2) is 6.09. The van der Waals surface area contributed by atoms with Gasteiger partial charge in [0.2, 0.25) is 0 Å². The molecule has 1 aliphatic rings. The van der Waals surface area contributed by atoms with Crippen LogP contribution >= 0.6 is 11.3 Å². The van der Waals surface area contributed by atoms with Crippen LogP contribution in [0.5, 0.6) is 0 Å². The van der Waals surface area contributed by atoms with Crippen LogP contribution in [-0.4, -0.2) is 16.6 Å². The zero-order valence-corrected chi connectivity index (χ0v) is 14.0. The van der Waals surface area contributed by atoms with Gasteiger partial charge in [0.25, 0.3) is 5.91 Å². The normalized spacial score (nSPS) is 17.1. The van der Waals surface area contributed by atoms with Gasteiger partial charge in [0, 0.05) is 16.9 Å². The minimum absolute atomic E-state index is 0.0846. The molecule has 0 fully saturated rings. The van der Waals surface area contributed by atoms with E-state index in [0.29, 0.717) is 12.0 Å². The Kier molecular flexibility index (Phi) is 3.78. The predicted molar refractivity (Wildman–Crippen MR) is 94.3 cm³/mol. The molecule has 3 heterocycles. The number of rotatable bonds is 3. The van der Waals surface area contributed by atoms with Gasteiger partial charge in [0.05, 0.1) is 12.3 Å². The molecule has 1 aliphatic heterocycles. The number of amides is 1. The fourth-order valence-electron chi connectivity index (χ4n) is 2.90. The monoisotopic (exact) mass is 336 g/mol. The molecule has 24 heavy (non-hydrogen) atoms. The Morgan fingerprint density at radius 2 is 2.17 bits per heavy atom. The van der Waals surface area contributed by atoms with Crippen molar-refractivity contribution in [1.29, 1.82) is 0 Å². The van der Waals surface area contributed by atoms with Crippen molar-refractivity contribution in [3.8, 4) is 0 Å². The molecule has 3 aromatic rings. The Morgan fingerprint density at radius 3 is 2.88 bits per heavy atom. The molecule has 120 valence electrons. The third kappa shape index (κ3) is 2.67. The van der Waals surface area contributed by atoms with Crippen LogP contribution in [0.25, 0.3) is 0 Å². The lowest BCUT2D eigenvalue weighted by atomic mass is 10.1. The van der Waals surface area contributed by atoms with E-state index in [9.17, 15) is 4.79 Å². The van der Waals surface area contributed by atoms with Crippen LogP contribution in [0.1, 0.15) is 39.0 Å². The molecule has 0 N–H and O–H groups in total. The van der Waals surface area contributed by atoms with Crippen molar-refractivity contribution in [1.82, 2.24) is 5.01 Å². The van der Waals surface area contributed by atoms with Gasteiger partial charge in [-0.3, -0.25) is 4.79 Å². The molecule has 0 spiro atoms. The Morgan fingerprint density at radius 1 is 1.25 bits per heavy atom. The number of furan rings is 1. The van der Waals surface area contributed by atoms with Gasteiger partial charge in [-0.1, -0.05) is 23.8 Å². The van der Waals surface area contributed by atoms with E-state index in [1.54, 1.807) is 22.6 Å². The Hall–Kier alpha value is -2.66. The summed E-state index contributed by atoms with van der Waals surface area (Å²) in [6.07, 6.45) is 2.29. The lowest BCUT2D eigenvalue weighted by molar-refractivity contribution is 0.0713. The number of carbonyl (C=O) groups excluding carboxylic acids is 1. The molecule has 0 aliphatic carbocycles. The SMILES string of the molecule is Cc1cccc(C(=O)N2N=C(c3ccco3)C[C@@H]2c2cccs2)c1. The summed E-state index contributed by atoms with van der Waals surface area (Å²) in [6.45, 7) is 1.98. The third-order valence-electron chi connectivity index (χ3n) is 4.06. The number of hydrogen-bond donors (Lipinski definition) is 0. The van der Waals surface area contributed by atoms with E-state index in [4.69, 9.17) is 4.42 Å². The fraction of sp³-hybridized carbons (Fsp3) is 0.158. The molecular weight excluding hydrogens is 320 g/mol. The van der Waals surface area contributed by atoms with Crippen LogP contribution in [0.15, 0.2) is 69.7 Å². The predicted octanol–water partition coefficient (Wildman–Crippen LogP) is 4.64. The van der Waals surface area contributed by atoms with E-state index in [1.807, 2.05) is 60.8 Å². The van der Waals surface area contributed by atoms with Crippen molar-refractivity contribution in [3.05, 3.63) is 81.9 Å². The van der Waals surface area contributed by atoms with E-state index >= 15 is 0 Å². The summed E-state index contributed by atoms with van der Waals surface area (Å²) in [4.78, 5) is 14.1. The molecule has 0 unspecified atom stereocenters. The summed E-state index contributed by atoms with van der Waals surface area (Å²) in [5, 5.41) is 8.21. The van der Waals surface area contributed by atoms with Crippen LogP contribution in [0.4, 0.5) is 0 Å². The summed E-state index contributed by atoms with van der Waals surface area (Å²) in [5.74, 6) is 0.634. The smallest absolute Gasteiger partial charge is 0.274 e. The number of aryl methyl sites for hydroxylation is 1. The first kappa shape index (κ1) is 14.9. The third-order valence-corrected chi connectivity index (χ3v) is 5.03.